The fourth-order valence-electron chi connectivity index (χ4n) is 3.25. The predicted octanol–water partition coefficient (Wildman–Crippen LogP) is 7.02. The Kier molecular flexibility index (Phi) is 7.42. The second-order valence-electron chi connectivity index (χ2n) is 7.35. The second-order valence-corrected chi connectivity index (χ2v) is 8.20. The molecule has 0 saturated carbocycles. The number of amides is 1. The number of nitrogens with one attached hydrogen (secondary N) is 2. The van der Waals surface area contributed by atoms with Crippen LogP contribution in [-0.4, -0.2) is 10.9 Å². The number of thiazole rings is 1. The van der Waals surface area contributed by atoms with Gasteiger partial charge in [0.25, 0.3) is 0 Å². The minimum absolute atomic E-state index is 0.0865. The third-order valence-electron chi connectivity index (χ3n) is 4.99. The topological polar surface area (TPSA) is 54.0 Å². The van der Waals surface area contributed by atoms with Crippen LogP contribution in [0.15, 0.2) is 53.9 Å². The number of nitrogens with zero attached hydrogens (tertiary/aromatic N) is 1. The highest BCUT2D eigenvalue weighted by atomic mass is 32.1. The number of hydrogen-bond acceptors (Lipinski definition) is 4. The van der Waals surface area contributed by atoms with E-state index in [1.165, 1.54) is 5.56 Å². The van der Waals surface area contributed by atoms with Crippen LogP contribution in [0.5, 0.6) is 0 Å². The maximum Gasteiger partial charge on any atom is 0.227 e. The summed E-state index contributed by atoms with van der Waals surface area (Å²) in [5, 5.41) is 9.32. The predicted molar refractivity (Wildman–Crippen MR) is 124 cm³/mol. The van der Waals surface area contributed by atoms with Gasteiger partial charge < -0.3 is 10.6 Å². The Morgan fingerprint density at radius 1 is 1.10 bits per heavy atom. The summed E-state index contributed by atoms with van der Waals surface area (Å²) in [5.74, 6) is 0.204. The molecule has 3 rings (SSSR count). The van der Waals surface area contributed by atoms with Crippen LogP contribution in [0.1, 0.15) is 45.1 Å². The van der Waals surface area contributed by atoms with Gasteiger partial charge in [0.1, 0.15) is 0 Å². The molecule has 0 aliphatic carbocycles. The molecule has 1 atom stereocenters. The zero-order chi connectivity index (χ0) is 20.6. The van der Waals surface area contributed by atoms with Crippen LogP contribution in [-0.2, 0) is 4.79 Å². The number of aryl methyl sites for hydroxylation is 1. The summed E-state index contributed by atoms with van der Waals surface area (Å²) < 4.78 is 0. The molecule has 0 radical (unpaired) electrons. The summed E-state index contributed by atoms with van der Waals surface area (Å²) in [5.41, 5.74) is 5.05. The molecule has 0 aliphatic rings. The Hall–Kier alpha value is -2.66. The molecule has 1 heterocycles. The molecular formula is C24H29N3OS. The summed E-state index contributed by atoms with van der Waals surface area (Å²) in [6.45, 7) is 6.31. The average Bonchev–Trinajstić information content (AvgIpc) is 3.17. The fourth-order valence-corrected chi connectivity index (χ4v) is 3.99. The van der Waals surface area contributed by atoms with Crippen LogP contribution < -0.4 is 10.6 Å². The van der Waals surface area contributed by atoms with Crippen molar-refractivity contribution in [3.63, 3.8) is 0 Å². The number of anilines is 3. The average molecular weight is 408 g/mol. The maximum atomic E-state index is 12.5. The minimum atomic E-state index is 0.0865. The first-order valence-corrected chi connectivity index (χ1v) is 11.2. The standard InChI is InChI=1S/C24H29N3OS/c1-4-6-9-18(5-2)23(28)25-20-13-11-19(12-14-20)22-16-29-24(27-22)26-21-10-7-8-17(3)15-21/h7-8,10-16,18H,4-6,9H2,1-3H3,(H,25,28)(H,26,27). The Bertz CT molecular complexity index is 933. The van der Waals surface area contributed by atoms with Crippen LogP contribution >= 0.6 is 11.3 Å². The Morgan fingerprint density at radius 2 is 1.90 bits per heavy atom. The summed E-state index contributed by atoms with van der Waals surface area (Å²) in [6.07, 6.45) is 4.03. The van der Waals surface area contributed by atoms with Crippen molar-refractivity contribution in [2.75, 3.05) is 10.6 Å². The van der Waals surface area contributed by atoms with Gasteiger partial charge in [0.15, 0.2) is 5.13 Å². The van der Waals surface area contributed by atoms with Crippen LogP contribution in [0.25, 0.3) is 11.3 Å². The van der Waals surface area contributed by atoms with E-state index >= 15 is 0 Å². The molecule has 0 spiro atoms. The molecule has 5 heteroatoms. The zero-order valence-electron chi connectivity index (χ0n) is 17.4. The van der Waals surface area contributed by atoms with Gasteiger partial charge in [0.2, 0.25) is 5.91 Å². The molecular weight excluding hydrogens is 378 g/mol. The highest BCUT2D eigenvalue weighted by Crippen LogP contribution is 2.28. The molecule has 2 N–H and O–H groups in total. The number of aromatic nitrogens is 1. The van der Waals surface area contributed by atoms with Crippen molar-refractivity contribution in [3.05, 3.63) is 59.5 Å². The lowest BCUT2D eigenvalue weighted by atomic mass is 9.98. The molecule has 1 unspecified atom stereocenters. The van der Waals surface area contributed by atoms with E-state index < -0.39 is 0 Å². The van der Waals surface area contributed by atoms with E-state index in [2.05, 4.69) is 43.5 Å². The van der Waals surface area contributed by atoms with Gasteiger partial charge in [0, 0.05) is 28.2 Å². The number of hydrogen-bond donors (Lipinski definition) is 2. The van der Waals surface area contributed by atoms with Crippen molar-refractivity contribution in [1.82, 2.24) is 4.98 Å². The molecule has 1 amide bonds. The van der Waals surface area contributed by atoms with Gasteiger partial charge >= 0.3 is 0 Å². The van der Waals surface area contributed by atoms with Gasteiger partial charge in [0.05, 0.1) is 5.69 Å². The van der Waals surface area contributed by atoms with E-state index in [0.717, 1.165) is 53.4 Å². The molecule has 3 aromatic rings. The molecule has 4 nitrogen and oxygen atoms in total. The maximum absolute atomic E-state index is 12.5. The van der Waals surface area contributed by atoms with Crippen molar-refractivity contribution in [2.45, 2.75) is 46.5 Å². The Morgan fingerprint density at radius 3 is 2.59 bits per heavy atom. The molecule has 1 aromatic heterocycles. The second kappa shape index (κ2) is 10.2. The van der Waals surface area contributed by atoms with E-state index in [9.17, 15) is 4.79 Å². The first kappa shape index (κ1) is 21.1. The molecule has 0 bridgehead atoms. The third-order valence-corrected chi connectivity index (χ3v) is 5.75. The Labute approximate surface area is 177 Å². The van der Waals surface area contributed by atoms with Crippen molar-refractivity contribution in [2.24, 2.45) is 5.92 Å². The SMILES string of the molecule is CCCCC(CC)C(=O)Nc1ccc(-c2csc(Nc3cccc(C)c3)n2)cc1. The van der Waals surface area contributed by atoms with Crippen LogP contribution in [0.2, 0.25) is 0 Å². The lowest BCUT2D eigenvalue weighted by Gasteiger charge is -2.14. The van der Waals surface area contributed by atoms with Crippen LogP contribution in [0, 0.1) is 12.8 Å². The van der Waals surface area contributed by atoms with Gasteiger partial charge in [-0.05, 0) is 49.6 Å². The fraction of sp³-hybridized carbons (Fsp3) is 0.333. The normalized spacial score (nSPS) is 11.8. The monoisotopic (exact) mass is 407 g/mol. The molecule has 2 aromatic carbocycles. The van der Waals surface area contributed by atoms with Crippen molar-refractivity contribution >= 4 is 33.8 Å². The number of benzene rings is 2. The zero-order valence-corrected chi connectivity index (χ0v) is 18.2. The van der Waals surface area contributed by atoms with E-state index in [-0.39, 0.29) is 11.8 Å². The first-order chi connectivity index (χ1) is 14.1. The highest BCUT2D eigenvalue weighted by molar-refractivity contribution is 7.14. The van der Waals surface area contributed by atoms with E-state index in [1.807, 2.05) is 41.8 Å². The minimum Gasteiger partial charge on any atom is -0.332 e. The van der Waals surface area contributed by atoms with Gasteiger partial charge in [-0.25, -0.2) is 4.98 Å². The van der Waals surface area contributed by atoms with Gasteiger partial charge in [-0.2, -0.15) is 0 Å². The third kappa shape index (κ3) is 5.91. The molecule has 0 aliphatic heterocycles. The molecule has 29 heavy (non-hydrogen) atoms. The lowest BCUT2D eigenvalue weighted by Crippen LogP contribution is -2.22. The van der Waals surface area contributed by atoms with E-state index in [1.54, 1.807) is 11.3 Å². The van der Waals surface area contributed by atoms with Gasteiger partial charge in [-0.1, -0.05) is 51.0 Å². The lowest BCUT2D eigenvalue weighted by molar-refractivity contribution is -0.120. The molecule has 0 saturated heterocycles. The Balaban J connectivity index is 1.63. The highest BCUT2D eigenvalue weighted by Gasteiger charge is 2.16. The number of carbonyl (C=O) groups is 1. The van der Waals surface area contributed by atoms with Crippen LogP contribution in [0.3, 0.4) is 0 Å². The van der Waals surface area contributed by atoms with Crippen molar-refractivity contribution < 1.29 is 4.79 Å². The molecule has 0 fully saturated rings. The number of unbranched alkanes of at least 4 members (excludes halogenated alkanes) is 1. The number of carbonyl (C=O) groups excluding carboxylic acids is 1. The summed E-state index contributed by atoms with van der Waals surface area (Å²) >= 11 is 1.58. The van der Waals surface area contributed by atoms with Gasteiger partial charge in [-0.3, -0.25) is 4.79 Å². The summed E-state index contributed by atoms with van der Waals surface area (Å²) in [7, 11) is 0. The van der Waals surface area contributed by atoms with Crippen LogP contribution in [0.4, 0.5) is 16.5 Å². The molecule has 152 valence electrons. The summed E-state index contributed by atoms with van der Waals surface area (Å²) in [6, 6.07) is 16.2. The number of rotatable bonds is 9. The van der Waals surface area contributed by atoms with Gasteiger partial charge in [-0.15, -0.1) is 11.3 Å². The van der Waals surface area contributed by atoms with E-state index in [0.29, 0.717) is 0 Å². The van der Waals surface area contributed by atoms with Crippen molar-refractivity contribution in [3.8, 4) is 11.3 Å². The smallest absolute Gasteiger partial charge is 0.227 e. The van der Waals surface area contributed by atoms with E-state index in [4.69, 9.17) is 4.98 Å². The quantitative estimate of drug-likeness (QED) is 0.401. The summed E-state index contributed by atoms with van der Waals surface area (Å²) in [4.78, 5) is 17.2. The first-order valence-electron chi connectivity index (χ1n) is 10.3. The largest absolute Gasteiger partial charge is 0.332 e. The van der Waals surface area contributed by atoms with Crippen molar-refractivity contribution in [1.29, 1.82) is 0 Å².